The Balaban J connectivity index is 4.25. The Labute approximate surface area is 68.3 Å². The highest BCUT2D eigenvalue weighted by molar-refractivity contribution is 8.25. The molecule has 1 nitrogen and oxygen atoms in total. The van der Waals surface area contributed by atoms with Gasteiger partial charge in [0.05, 0.1) is 28.5 Å². The minimum Gasteiger partial charge on any atom is -0.198 e. The molecule has 0 aromatic rings. The summed E-state index contributed by atoms with van der Waals surface area (Å²) in [6, 6.07) is 1.80. The molecule has 66 valence electrons. The van der Waals surface area contributed by atoms with Gasteiger partial charge in [-0.05, 0) is 5.92 Å². The molecule has 0 aromatic heterocycles. The predicted molar refractivity (Wildman–Crippen MR) is 44.6 cm³/mol. The van der Waals surface area contributed by atoms with Crippen LogP contribution >= 0.6 is 10.8 Å². The average Bonchev–Trinajstić information content (AvgIpc) is 1.79. The fourth-order valence-electron chi connectivity index (χ4n) is 0.950. The minimum atomic E-state index is -3.55. The van der Waals surface area contributed by atoms with Crippen LogP contribution in [0.2, 0.25) is 0 Å². The van der Waals surface area contributed by atoms with Gasteiger partial charge in [0.25, 0.3) is 0 Å². The van der Waals surface area contributed by atoms with Crippen molar-refractivity contribution in [1.82, 2.24) is 0 Å². The molecule has 0 aliphatic carbocycles. The molecule has 0 saturated heterocycles. The lowest BCUT2D eigenvalue weighted by atomic mass is 10.1. The summed E-state index contributed by atoms with van der Waals surface area (Å²) in [5, 5.41) is 7.55. The average molecular weight is 181 g/mol. The summed E-state index contributed by atoms with van der Waals surface area (Å²) >= 11 is 0. The standard InChI is InChI=1S/C7H13F2NS/c1-6(2)7(4-5-10)11(3,8)9/h6-7H,4H2,1-3H3. The quantitative estimate of drug-likeness (QED) is 0.656. The van der Waals surface area contributed by atoms with Crippen LogP contribution in [0.3, 0.4) is 0 Å². The van der Waals surface area contributed by atoms with E-state index in [1.807, 2.05) is 0 Å². The first kappa shape index (κ1) is 10.7. The van der Waals surface area contributed by atoms with Crippen molar-refractivity contribution < 1.29 is 7.77 Å². The molecule has 11 heavy (non-hydrogen) atoms. The smallest absolute Gasteiger partial charge is 0.0634 e. The second-order valence-electron chi connectivity index (χ2n) is 2.93. The third-order valence-corrected chi connectivity index (χ3v) is 3.34. The van der Waals surface area contributed by atoms with Crippen LogP contribution in [0.4, 0.5) is 7.77 Å². The van der Waals surface area contributed by atoms with E-state index in [4.69, 9.17) is 5.26 Å². The molecule has 0 aromatic carbocycles. The van der Waals surface area contributed by atoms with Gasteiger partial charge in [-0.2, -0.15) is 13.0 Å². The fraction of sp³-hybridized carbons (Fsp3) is 0.857. The molecule has 0 aliphatic rings. The van der Waals surface area contributed by atoms with Crippen LogP contribution in [0.15, 0.2) is 0 Å². The first-order valence-corrected chi connectivity index (χ1v) is 5.33. The molecule has 0 heterocycles. The maximum absolute atomic E-state index is 12.8. The summed E-state index contributed by atoms with van der Waals surface area (Å²) in [7, 11) is -3.55. The first-order chi connectivity index (χ1) is 4.89. The second kappa shape index (κ2) is 3.91. The number of halogens is 2. The van der Waals surface area contributed by atoms with Gasteiger partial charge >= 0.3 is 0 Å². The van der Waals surface area contributed by atoms with Crippen LogP contribution in [0.1, 0.15) is 20.3 Å². The fourth-order valence-corrected chi connectivity index (χ4v) is 2.27. The van der Waals surface area contributed by atoms with E-state index in [0.717, 1.165) is 6.26 Å². The van der Waals surface area contributed by atoms with Crippen LogP contribution < -0.4 is 0 Å². The van der Waals surface area contributed by atoms with Crippen molar-refractivity contribution in [2.24, 2.45) is 5.92 Å². The zero-order chi connectivity index (χ0) is 9.07. The van der Waals surface area contributed by atoms with Crippen molar-refractivity contribution in [2.45, 2.75) is 25.5 Å². The molecule has 0 rings (SSSR count). The lowest BCUT2D eigenvalue weighted by Crippen LogP contribution is -2.17. The van der Waals surface area contributed by atoms with Crippen molar-refractivity contribution in [1.29, 1.82) is 5.26 Å². The zero-order valence-corrected chi connectivity index (χ0v) is 7.79. The van der Waals surface area contributed by atoms with Crippen LogP contribution in [0.5, 0.6) is 0 Å². The summed E-state index contributed by atoms with van der Waals surface area (Å²) in [4.78, 5) is 0. The van der Waals surface area contributed by atoms with E-state index in [-0.39, 0.29) is 12.3 Å². The van der Waals surface area contributed by atoms with Gasteiger partial charge < -0.3 is 0 Å². The SMILES string of the molecule is CC(C)C(CC#N)S(C)(F)F. The number of hydrogen-bond acceptors (Lipinski definition) is 1. The summed E-state index contributed by atoms with van der Waals surface area (Å²) < 4.78 is 25.5. The molecular formula is C7H13F2NS. The van der Waals surface area contributed by atoms with Gasteiger partial charge in [-0.1, -0.05) is 13.8 Å². The van der Waals surface area contributed by atoms with E-state index in [2.05, 4.69) is 0 Å². The Bertz CT molecular complexity index is 157. The highest BCUT2D eigenvalue weighted by Gasteiger charge is 2.31. The normalized spacial score (nSPS) is 16.1. The van der Waals surface area contributed by atoms with Crippen LogP contribution in [0, 0.1) is 17.2 Å². The second-order valence-corrected chi connectivity index (χ2v) is 5.09. The highest BCUT2D eigenvalue weighted by atomic mass is 32.3. The van der Waals surface area contributed by atoms with Crippen LogP contribution in [-0.4, -0.2) is 11.5 Å². The van der Waals surface area contributed by atoms with Gasteiger partial charge in [0, 0.05) is 6.26 Å². The van der Waals surface area contributed by atoms with Gasteiger partial charge in [0.1, 0.15) is 0 Å². The zero-order valence-electron chi connectivity index (χ0n) is 6.97. The molecule has 0 fully saturated rings. The molecule has 0 N–H and O–H groups in total. The van der Waals surface area contributed by atoms with Gasteiger partial charge in [-0.25, -0.2) is 0 Å². The Morgan fingerprint density at radius 3 is 2.00 bits per heavy atom. The van der Waals surface area contributed by atoms with Gasteiger partial charge in [-0.15, -0.1) is 0 Å². The Kier molecular flexibility index (Phi) is 3.81. The minimum absolute atomic E-state index is 0.0312. The largest absolute Gasteiger partial charge is 0.198 e. The van der Waals surface area contributed by atoms with Crippen LogP contribution in [-0.2, 0) is 0 Å². The van der Waals surface area contributed by atoms with Crippen LogP contribution in [0.25, 0.3) is 0 Å². The van der Waals surface area contributed by atoms with E-state index < -0.39 is 16.0 Å². The number of nitrogens with zero attached hydrogens (tertiary/aromatic N) is 1. The molecule has 0 amide bonds. The molecule has 0 radical (unpaired) electrons. The maximum atomic E-state index is 12.8. The summed E-state index contributed by atoms with van der Waals surface area (Å²) in [5.74, 6) is -0.107. The van der Waals surface area contributed by atoms with E-state index in [9.17, 15) is 7.77 Å². The van der Waals surface area contributed by atoms with E-state index >= 15 is 0 Å². The summed E-state index contributed by atoms with van der Waals surface area (Å²) in [5.41, 5.74) is 0. The first-order valence-electron chi connectivity index (χ1n) is 3.43. The predicted octanol–water partition coefficient (Wildman–Crippen LogP) is 3.13. The maximum Gasteiger partial charge on any atom is 0.0634 e. The van der Waals surface area contributed by atoms with E-state index in [1.165, 1.54) is 0 Å². The van der Waals surface area contributed by atoms with Crippen molar-refractivity contribution in [2.75, 3.05) is 6.26 Å². The molecule has 0 aliphatic heterocycles. The van der Waals surface area contributed by atoms with Gasteiger partial charge in [0.15, 0.2) is 0 Å². The van der Waals surface area contributed by atoms with E-state index in [1.54, 1.807) is 19.9 Å². The van der Waals surface area contributed by atoms with Crippen molar-refractivity contribution in [3.63, 3.8) is 0 Å². The lowest BCUT2D eigenvalue weighted by molar-refractivity contribution is 0.567. The van der Waals surface area contributed by atoms with E-state index in [0.29, 0.717) is 0 Å². The molecule has 1 atom stereocenters. The Morgan fingerprint density at radius 1 is 1.45 bits per heavy atom. The monoisotopic (exact) mass is 181 g/mol. The highest BCUT2D eigenvalue weighted by Crippen LogP contribution is 2.55. The van der Waals surface area contributed by atoms with Crippen molar-refractivity contribution in [3.05, 3.63) is 0 Å². The Morgan fingerprint density at radius 2 is 1.91 bits per heavy atom. The third-order valence-electron chi connectivity index (χ3n) is 1.57. The molecule has 1 unspecified atom stereocenters. The molecule has 0 spiro atoms. The molecule has 4 heteroatoms. The molecule has 0 bridgehead atoms. The lowest BCUT2D eigenvalue weighted by Gasteiger charge is -2.27. The summed E-state index contributed by atoms with van der Waals surface area (Å²) in [6.07, 6.45) is 0.922. The van der Waals surface area contributed by atoms with Gasteiger partial charge in [-0.3, -0.25) is 0 Å². The van der Waals surface area contributed by atoms with Crippen molar-refractivity contribution >= 4 is 10.8 Å². The Hall–Kier alpha value is -0.300. The van der Waals surface area contributed by atoms with Crippen molar-refractivity contribution in [3.8, 4) is 6.07 Å². The third kappa shape index (κ3) is 3.57. The molecule has 0 saturated carbocycles. The summed E-state index contributed by atoms with van der Waals surface area (Å²) in [6.45, 7) is 3.46. The number of rotatable bonds is 3. The topological polar surface area (TPSA) is 23.8 Å². The van der Waals surface area contributed by atoms with Gasteiger partial charge in [0.2, 0.25) is 0 Å². The molecular weight excluding hydrogens is 168 g/mol. The number of nitriles is 1. The number of hydrogen-bond donors (Lipinski definition) is 0.